The van der Waals surface area contributed by atoms with Crippen LogP contribution in [0.1, 0.15) is 6.42 Å². The molecule has 0 aliphatic carbocycles. The predicted molar refractivity (Wildman–Crippen MR) is 42.4 cm³/mol. The third kappa shape index (κ3) is 2.23. The maximum absolute atomic E-state index is 5.30. The highest BCUT2D eigenvalue weighted by Crippen LogP contribution is 2.03. The first kappa shape index (κ1) is 8.07. The summed E-state index contributed by atoms with van der Waals surface area (Å²) in [6, 6.07) is 0.651. The lowest BCUT2D eigenvalue weighted by Crippen LogP contribution is -2.08. The summed E-state index contributed by atoms with van der Waals surface area (Å²) < 4.78 is 7.12. The average molecular weight is 155 g/mol. The van der Waals surface area contributed by atoms with Gasteiger partial charge >= 0.3 is 0 Å². The van der Waals surface area contributed by atoms with E-state index in [0.29, 0.717) is 19.2 Å². The summed E-state index contributed by atoms with van der Waals surface area (Å²) in [6.07, 6.45) is 4.42. The summed E-state index contributed by atoms with van der Waals surface area (Å²) >= 11 is 0. The lowest BCUT2D eigenvalue weighted by Gasteiger charge is -2.02. The molecule has 0 aromatic carbocycles. The molecule has 4 nitrogen and oxygen atoms in total. The zero-order valence-corrected chi connectivity index (χ0v) is 6.66. The second kappa shape index (κ2) is 3.98. The first-order valence-corrected chi connectivity index (χ1v) is 3.65. The summed E-state index contributed by atoms with van der Waals surface area (Å²) in [5.74, 6) is 0. The van der Waals surface area contributed by atoms with Crippen molar-refractivity contribution in [3.05, 3.63) is 12.4 Å². The second-order valence-corrected chi connectivity index (χ2v) is 2.31. The van der Waals surface area contributed by atoms with Gasteiger partial charge in [-0.1, -0.05) is 0 Å². The molecule has 0 aliphatic heterocycles. The van der Waals surface area contributed by atoms with Gasteiger partial charge in [0.25, 0.3) is 6.01 Å². The zero-order chi connectivity index (χ0) is 8.10. The number of hydrogen-bond acceptors (Lipinski definition) is 3. The highest BCUT2D eigenvalue weighted by Gasteiger charge is 1.97. The molecule has 62 valence electrons. The van der Waals surface area contributed by atoms with Crippen LogP contribution in [-0.4, -0.2) is 22.7 Å². The summed E-state index contributed by atoms with van der Waals surface area (Å²) in [7, 11) is 1.89. The van der Waals surface area contributed by atoms with Gasteiger partial charge in [0.2, 0.25) is 0 Å². The van der Waals surface area contributed by atoms with Crippen molar-refractivity contribution in [2.24, 2.45) is 12.8 Å². The molecule has 1 aromatic rings. The van der Waals surface area contributed by atoms with Crippen molar-refractivity contribution in [1.82, 2.24) is 9.55 Å². The van der Waals surface area contributed by atoms with Gasteiger partial charge in [-0.2, -0.15) is 0 Å². The van der Waals surface area contributed by atoms with Gasteiger partial charge in [0.05, 0.1) is 6.61 Å². The topological polar surface area (TPSA) is 53.1 Å². The fourth-order valence-corrected chi connectivity index (χ4v) is 0.738. The van der Waals surface area contributed by atoms with Crippen molar-refractivity contribution in [2.75, 3.05) is 13.2 Å². The average Bonchev–Trinajstić information content (AvgIpc) is 2.37. The molecule has 2 N–H and O–H groups in total. The van der Waals surface area contributed by atoms with Gasteiger partial charge < -0.3 is 15.0 Å². The Hall–Kier alpha value is -1.03. The molecule has 4 heteroatoms. The predicted octanol–water partition coefficient (Wildman–Crippen LogP) is 0.148. The lowest BCUT2D eigenvalue weighted by atomic mass is 10.5. The van der Waals surface area contributed by atoms with Crippen LogP contribution in [0.25, 0.3) is 0 Å². The normalized spacial score (nSPS) is 10.0. The molecule has 0 saturated carbocycles. The van der Waals surface area contributed by atoms with E-state index < -0.39 is 0 Å². The van der Waals surface area contributed by atoms with Crippen LogP contribution in [0.2, 0.25) is 0 Å². The van der Waals surface area contributed by atoms with Crippen LogP contribution in [-0.2, 0) is 7.05 Å². The Morgan fingerprint density at radius 3 is 3.09 bits per heavy atom. The number of aryl methyl sites for hydroxylation is 1. The van der Waals surface area contributed by atoms with E-state index in [0.717, 1.165) is 6.42 Å². The molecule has 1 heterocycles. The molecule has 0 aliphatic rings. The summed E-state index contributed by atoms with van der Waals surface area (Å²) in [4.78, 5) is 3.99. The van der Waals surface area contributed by atoms with E-state index >= 15 is 0 Å². The van der Waals surface area contributed by atoms with Crippen molar-refractivity contribution >= 4 is 0 Å². The van der Waals surface area contributed by atoms with Gasteiger partial charge in [0.1, 0.15) is 0 Å². The smallest absolute Gasteiger partial charge is 0.295 e. The summed E-state index contributed by atoms with van der Waals surface area (Å²) in [5, 5.41) is 0. The maximum atomic E-state index is 5.30. The Labute approximate surface area is 66.0 Å². The monoisotopic (exact) mass is 155 g/mol. The minimum Gasteiger partial charge on any atom is -0.465 e. The molecule has 0 saturated heterocycles. The number of rotatable bonds is 4. The van der Waals surface area contributed by atoms with E-state index in [4.69, 9.17) is 10.5 Å². The minimum absolute atomic E-state index is 0.640. The Kier molecular flexibility index (Phi) is 2.92. The van der Waals surface area contributed by atoms with E-state index in [-0.39, 0.29) is 0 Å². The van der Waals surface area contributed by atoms with Gasteiger partial charge in [0.15, 0.2) is 0 Å². The van der Waals surface area contributed by atoms with Crippen molar-refractivity contribution in [2.45, 2.75) is 6.42 Å². The minimum atomic E-state index is 0.640. The van der Waals surface area contributed by atoms with E-state index in [2.05, 4.69) is 4.98 Å². The van der Waals surface area contributed by atoms with Crippen LogP contribution in [0.4, 0.5) is 0 Å². The SMILES string of the molecule is Cn1ccnc1OCCCN. The molecule has 0 radical (unpaired) electrons. The largest absolute Gasteiger partial charge is 0.465 e. The van der Waals surface area contributed by atoms with Crippen LogP contribution >= 0.6 is 0 Å². The summed E-state index contributed by atoms with van der Waals surface area (Å²) in [5.41, 5.74) is 5.30. The van der Waals surface area contributed by atoms with Crippen molar-refractivity contribution < 1.29 is 4.74 Å². The van der Waals surface area contributed by atoms with Crippen LogP contribution in [0, 0.1) is 0 Å². The molecule has 0 spiro atoms. The van der Waals surface area contributed by atoms with E-state index in [9.17, 15) is 0 Å². The molecule has 0 amide bonds. The first-order valence-electron chi connectivity index (χ1n) is 3.65. The molecular formula is C7H13N3O. The first-order chi connectivity index (χ1) is 5.34. The molecule has 0 unspecified atom stereocenters. The molecule has 11 heavy (non-hydrogen) atoms. The van der Waals surface area contributed by atoms with Gasteiger partial charge in [0, 0.05) is 19.4 Å². The standard InChI is InChI=1S/C7H13N3O/c1-10-5-4-9-7(10)11-6-2-3-8/h4-5H,2-3,6,8H2,1H3. The Bertz CT molecular complexity index is 209. The van der Waals surface area contributed by atoms with Crippen LogP contribution < -0.4 is 10.5 Å². The molecule has 0 fully saturated rings. The molecule has 1 aromatic heterocycles. The van der Waals surface area contributed by atoms with E-state index in [1.165, 1.54) is 0 Å². The van der Waals surface area contributed by atoms with Gasteiger partial charge in [-0.05, 0) is 13.0 Å². The van der Waals surface area contributed by atoms with Crippen molar-refractivity contribution in [3.8, 4) is 6.01 Å². The Balaban J connectivity index is 2.32. The number of imidazole rings is 1. The van der Waals surface area contributed by atoms with Crippen molar-refractivity contribution in [3.63, 3.8) is 0 Å². The van der Waals surface area contributed by atoms with Crippen LogP contribution in [0.5, 0.6) is 6.01 Å². The number of hydrogen-bond donors (Lipinski definition) is 1. The summed E-state index contributed by atoms with van der Waals surface area (Å²) in [6.45, 7) is 1.30. The quantitative estimate of drug-likeness (QED) is 0.629. The molecule has 0 atom stereocenters. The Morgan fingerprint density at radius 1 is 1.73 bits per heavy atom. The molecule has 1 rings (SSSR count). The zero-order valence-electron chi connectivity index (χ0n) is 6.66. The van der Waals surface area contributed by atoms with E-state index in [1.807, 2.05) is 17.8 Å². The van der Waals surface area contributed by atoms with Crippen LogP contribution in [0.15, 0.2) is 12.4 Å². The number of aromatic nitrogens is 2. The lowest BCUT2D eigenvalue weighted by molar-refractivity contribution is 0.280. The Morgan fingerprint density at radius 2 is 2.55 bits per heavy atom. The fourth-order valence-electron chi connectivity index (χ4n) is 0.738. The third-order valence-corrected chi connectivity index (χ3v) is 1.36. The number of nitrogens with two attached hydrogens (primary N) is 1. The van der Waals surface area contributed by atoms with E-state index in [1.54, 1.807) is 6.20 Å². The molecule has 0 bridgehead atoms. The fraction of sp³-hybridized carbons (Fsp3) is 0.571. The van der Waals surface area contributed by atoms with Gasteiger partial charge in [-0.25, -0.2) is 4.98 Å². The highest BCUT2D eigenvalue weighted by molar-refractivity contribution is 4.96. The van der Waals surface area contributed by atoms with Gasteiger partial charge in [-0.15, -0.1) is 0 Å². The highest BCUT2D eigenvalue weighted by atomic mass is 16.5. The second-order valence-electron chi connectivity index (χ2n) is 2.31. The number of nitrogens with zero attached hydrogens (tertiary/aromatic N) is 2. The molecular weight excluding hydrogens is 142 g/mol. The van der Waals surface area contributed by atoms with Crippen LogP contribution in [0.3, 0.4) is 0 Å². The van der Waals surface area contributed by atoms with Gasteiger partial charge in [-0.3, -0.25) is 0 Å². The third-order valence-electron chi connectivity index (χ3n) is 1.36. The van der Waals surface area contributed by atoms with Crippen molar-refractivity contribution in [1.29, 1.82) is 0 Å². The number of ether oxygens (including phenoxy) is 1. The maximum Gasteiger partial charge on any atom is 0.295 e.